The van der Waals surface area contributed by atoms with Crippen molar-refractivity contribution in [3.8, 4) is 11.8 Å². The van der Waals surface area contributed by atoms with Gasteiger partial charge in [0.05, 0.1) is 19.7 Å². The minimum absolute atomic E-state index is 0.00376. The summed E-state index contributed by atoms with van der Waals surface area (Å²) in [4.78, 5) is 25.2. The average molecular weight is 294 g/mol. The quantitative estimate of drug-likeness (QED) is 0.847. The van der Waals surface area contributed by atoms with Gasteiger partial charge in [0.1, 0.15) is 23.2 Å². The fourth-order valence-electron chi connectivity index (χ4n) is 1.49. The second-order valence-electron chi connectivity index (χ2n) is 3.97. The van der Waals surface area contributed by atoms with Gasteiger partial charge < -0.3 is 10.1 Å². The van der Waals surface area contributed by atoms with Crippen molar-refractivity contribution in [3.05, 3.63) is 22.0 Å². The number of ketones is 1. The molecule has 2 heterocycles. The topological polar surface area (TPSA) is 93.9 Å². The van der Waals surface area contributed by atoms with E-state index in [1.807, 2.05) is 6.07 Å². The van der Waals surface area contributed by atoms with Gasteiger partial charge in [-0.05, 0) is 13.8 Å². The third-order valence-electron chi connectivity index (χ3n) is 2.59. The number of nitriles is 1. The van der Waals surface area contributed by atoms with Crippen molar-refractivity contribution in [2.24, 2.45) is 0 Å². The SMILES string of the molecule is CC(=O)[C@H](C)Sc1sc2c(O)cc(=O)[nH]c2c1C#N. The van der Waals surface area contributed by atoms with Crippen LogP contribution < -0.4 is 5.56 Å². The van der Waals surface area contributed by atoms with Crippen LogP contribution in [0.15, 0.2) is 15.1 Å². The maximum absolute atomic E-state index is 11.3. The summed E-state index contributed by atoms with van der Waals surface area (Å²) in [5.41, 5.74) is 0.164. The monoisotopic (exact) mass is 294 g/mol. The Kier molecular flexibility index (Phi) is 3.64. The Bertz CT molecular complexity index is 755. The summed E-state index contributed by atoms with van der Waals surface area (Å²) in [5, 5.41) is 18.6. The number of hydrogen-bond acceptors (Lipinski definition) is 6. The first-order valence-electron chi connectivity index (χ1n) is 5.40. The molecule has 0 aromatic carbocycles. The van der Waals surface area contributed by atoms with Gasteiger partial charge in [-0.1, -0.05) is 0 Å². The van der Waals surface area contributed by atoms with E-state index in [0.29, 0.717) is 20.0 Å². The maximum atomic E-state index is 11.3. The molecule has 0 saturated heterocycles. The molecule has 0 fully saturated rings. The van der Waals surface area contributed by atoms with Gasteiger partial charge in [-0.25, -0.2) is 0 Å². The molecule has 2 N–H and O–H groups in total. The molecule has 19 heavy (non-hydrogen) atoms. The number of hydrogen-bond donors (Lipinski definition) is 2. The Hall–Kier alpha value is -1.78. The molecular weight excluding hydrogens is 284 g/mol. The van der Waals surface area contributed by atoms with E-state index in [4.69, 9.17) is 0 Å². The number of nitrogens with one attached hydrogen (secondary N) is 1. The van der Waals surface area contributed by atoms with Crippen molar-refractivity contribution < 1.29 is 9.90 Å². The summed E-state index contributed by atoms with van der Waals surface area (Å²) in [5.74, 6) is -0.147. The Morgan fingerprint density at radius 2 is 2.32 bits per heavy atom. The molecule has 0 amide bonds. The number of pyridine rings is 1. The van der Waals surface area contributed by atoms with E-state index >= 15 is 0 Å². The van der Waals surface area contributed by atoms with Crippen LogP contribution in [0.4, 0.5) is 0 Å². The predicted octanol–water partition coefficient (Wildman–Crippen LogP) is 2.24. The van der Waals surface area contributed by atoms with Crippen LogP contribution in [0.2, 0.25) is 0 Å². The van der Waals surface area contributed by atoms with E-state index in [-0.39, 0.29) is 16.8 Å². The zero-order valence-corrected chi connectivity index (χ0v) is 11.8. The summed E-state index contributed by atoms with van der Waals surface area (Å²) < 4.78 is 1.08. The Balaban J connectivity index is 2.63. The molecule has 0 aliphatic rings. The fraction of sp³-hybridized carbons (Fsp3) is 0.250. The summed E-state index contributed by atoms with van der Waals surface area (Å²) >= 11 is 2.45. The summed E-state index contributed by atoms with van der Waals surface area (Å²) in [7, 11) is 0. The molecular formula is C12H10N2O3S2. The average Bonchev–Trinajstić information content (AvgIpc) is 2.66. The van der Waals surface area contributed by atoms with Crippen molar-refractivity contribution in [3.63, 3.8) is 0 Å². The van der Waals surface area contributed by atoms with Crippen molar-refractivity contribution in [2.75, 3.05) is 0 Å². The molecule has 0 spiro atoms. The highest BCUT2D eigenvalue weighted by atomic mass is 32.2. The first kappa shape index (κ1) is 13.6. The number of carbonyl (C=O) groups is 1. The van der Waals surface area contributed by atoms with Gasteiger partial charge in [0.25, 0.3) is 5.56 Å². The lowest BCUT2D eigenvalue weighted by molar-refractivity contribution is -0.116. The zero-order valence-electron chi connectivity index (χ0n) is 10.2. The highest BCUT2D eigenvalue weighted by molar-refractivity contribution is 8.02. The molecule has 0 radical (unpaired) electrons. The number of H-pyrrole nitrogens is 1. The molecule has 2 aromatic heterocycles. The number of rotatable bonds is 3. The lowest BCUT2D eigenvalue weighted by Crippen LogP contribution is -2.07. The molecule has 0 aliphatic carbocycles. The first-order chi connectivity index (χ1) is 8.93. The van der Waals surface area contributed by atoms with Crippen LogP contribution in [0.25, 0.3) is 10.2 Å². The number of carbonyl (C=O) groups excluding carboxylic acids is 1. The first-order valence-corrected chi connectivity index (χ1v) is 7.09. The van der Waals surface area contributed by atoms with E-state index in [2.05, 4.69) is 4.98 Å². The van der Waals surface area contributed by atoms with E-state index in [0.717, 1.165) is 6.07 Å². The van der Waals surface area contributed by atoms with E-state index in [1.165, 1.54) is 30.0 Å². The van der Waals surface area contributed by atoms with Gasteiger partial charge in [0.2, 0.25) is 0 Å². The lowest BCUT2D eigenvalue weighted by atomic mass is 10.3. The van der Waals surface area contributed by atoms with Gasteiger partial charge in [-0.2, -0.15) is 5.26 Å². The summed E-state index contributed by atoms with van der Waals surface area (Å²) in [6, 6.07) is 3.09. The molecule has 2 rings (SSSR count). The second kappa shape index (κ2) is 5.07. The molecule has 0 saturated carbocycles. The van der Waals surface area contributed by atoms with Crippen LogP contribution in [0, 0.1) is 11.3 Å². The number of thiophene rings is 1. The van der Waals surface area contributed by atoms with Gasteiger partial charge in [0, 0.05) is 6.07 Å². The summed E-state index contributed by atoms with van der Waals surface area (Å²) in [6.07, 6.45) is 0. The number of aromatic nitrogens is 1. The Labute approximate surface area is 116 Å². The van der Waals surface area contributed by atoms with E-state index in [1.54, 1.807) is 6.92 Å². The van der Waals surface area contributed by atoms with Crippen LogP contribution in [0.5, 0.6) is 5.75 Å². The van der Waals surface area contributed by atoms with Gasteiger partial charge in [-0.15, -0.1) is 23.1 Å². The number of aromatic amines is 1. The maximum Gasteiger partial charge on any atom is 0.252 e. The molecule has 0 bridgehead atoms. The minimum atomic E-state index is -0.463. The van der Waals surface area contributed by atoms with Crippen molar-refractivity contribution >= 4 is 39.1 Å². The Morgan fingerprint density at radius 1 is 1.63 bits per heavy atom. The van der Waals surface area contributed by atoms with Gasteiger partial charge in [-0.3, -0.25) is 9.59 Å². The molecule has 5 nitrogen and oxygen atoms in total. The molecule has 0 unspecified atom stereocenters. The van der Waals surface area contributed by atoms with Crippen LogP contribution in [-0.2, 0) is 4.79 Å². The minimum Gasteiger partial charge on any atom is -0.506 e. The number of nitrogens with zero attached hydrogens (tertiary/aromatic N) is 1. The van der Waals surface area contributed by atoms with Crippen molar-refractivity contribution in [2.45, 2.75) is 23.3 Å². The number of thioether (sulfide) groups is 1. The number of Topliss-reactive ketones (excluding diaryl/α,β-unsaturated/α-hetero) is 1. The van der Waals surface area contributed by atoms with Crippen molar-refractivity contribution in [1.82, 2.24) is 4.98 Å². The third kappa shape index (κ3) is 2.50. The molecule has 0 aliphatic heterocycles. The Morgan fingerprint density at radius 3 is 2.89 bits per heavy atom. The lowest BCUT2D eigenvalue weighted by Gasteiger charge is -2.04. The van der Waals surface area contributed by atoms with Crippen LogP contribution in [0.1, 0.15) is 19.4 Å². The van der Waals surface area contributed by atoms with Crippen LogP contribution >= 0.6 is 23.1 Å². The number of fused-ring (bicyclic) bond motifs is 1. The van der Waals surface area contributed by atoms with Gasteiger partial charge in [0.15, 0.2) is 0 Å². The van der Waals surface area contributed by atoms with Crippen molar-refractivity contribution in [1.29, 1.82) is 5.26 Å². The smallest absolute Gasteiger partial charge is 0.252 e. The zero-order chi connectivity index (χ0) is 14.2. The molecule has 7 heteroatoms. The number of aromatic hydroxyl groups is 1. The van der Waals surface area contributed by atoms with Gasteiger partial charge >= 0.3 is 0 Å². The summed E-state index contributed by atoms with van der Waals surface area (Å²) in [6.45, 7) is 3.23. The highest BCUT2D eigenvalue weighted by Crippen LogP contribution is 2.41. The van der Waals surface area contributed by atoms with E-state index in [9.17, 15) is 20.0 Å². The fourth-order valence-corrected chi connectivity index (χ4v) is 3.97. The molecule has 98 valence electrons. The molecule has 1 atom stereocenters. The largest absolute Gasteiger partial charge is 0.506 e. The third-order valence-corrected chi connectivity index (χ3v) is 5.24. The standard InChI is InChI=1S/C12H10N2O3S2/c1-5(15)6(2)18-12-7(4-13)10-11(19-12)8(16)3-9(17)14-10/h3,6H,1-2H3,(H2,14,16,17)/t6-/m0/s1. The molecule has 2 aromatic rings. The van der Waals surface area contributed by atoms with Crippen LogP contribution in [-0.4, -0.2) is 21.1 Å². The van der Waals surface area contributed by atoms with Crippen LogP contribution in [0.3, 0.4) is 0 Å². The van der Waals surface area contributed by atoms with E-state index < -0.39 is 5.56 Å². The normalized spacial score (nSPS) is 12.3. The predicted molar refractivity (Wildman–Crippen MR) is 74.8 cm³/mol. The highest BCUT2D eigenvalue weighted by Gasteiger charge is 2.19. The second-order valence-corrected chi connectivity index (χ2v) is 6.60.